The van der Waals surface area contributed by atoms with Crippen molar-refractivity contribution < 1.29 is 24.0 Å². The number of carbonyl (C=O) groups excluding carboxylic acids is 2. The van der Waals surface area contributed by atoms with Gasteiger partial charge in [-0.15, -0.1) is 0 Å². The fourth-order valence-corrected chi connectivity index (χ4v) is 4.51. The van der Waals surface area contributed by atoms with Crippen LogP contribution in [0, 0.1) is 10.1 Å². The number of nitro groups is 1. The number of ether oxygens (including phenoxy) is 2. The summed E-state index contributed by atoms with van der Waals surface area (Å²) in [4.78, 5) is 34.1. The first-order valence-electron chi connectivity index (χ1n) is 11.1. The number of aromatic amines is 1. The summed E-state index contributed by atoms with van der Waals surface area (Å²) in [5.41, 5.74) is 3.61. The molecule has 2 aromatic carbocycles. The summed E-state index contributed by atoms with van der Waals surface area (Å²) >= 11 is 0. The summed E-state index contributed by atoms with van der Waals surface area (Å²) in [7, 11) is 0. The predicted octanol–water partition coefficient (Wildman–Crippen LogP) is 5.04. The molecule has 0 saturated heterocycles. The molecule has 2 atom stereocenters. The van der Waals surface area contributed by atoms with E-state index in [4.69, 9.17) is 9.47 Å². The third kappa shape index (κ3) is 4.61. The van der Waals surface area contributed by atoms with Crippen LogP contribution in [0.5, 0.6) is 5.75 Å². The van der Waals surface area contributed by atoms with E-state index >= 15 is 0 Å². The number of fused-ring (bicyclic) bond motifs is 1. The number of nitro benzene ring substituents is 1. The maximum atomic E-state index is 12.1. The maximum absolute atomic E-state index is 12.1. The number of nitrogens with one attached hydrogen (secondary N) is 2. The van der Waals surface area contributed by atoms with E-state index in [1.807, 2.05) is 24.3 Å². The highest BCUT2D eigenvalue weighted by atomic mass is 16.7. The highest BCUT2D eigenvalue weighted by Gasteiger charge is 2.30. The highest BCUT2D eigenvalue weighted by molar-refractivity contribution is 6.00. The van der Waals surface area contributed by atoms with E-state index in [-0.39, 0.29) is 29.2 Å². The summed E-state index contributed by atoms with van der Waals surface area (Å²) in [6.07, 6.45) is 2.38. The van der Waals surface area contributed by atoms with E-state index in [1.165, 1.54) is 24.3 Å². The van der Waals surface area contributed by atoms with E-state index in [1.54, 1.807) is 0 Å². The molecule has 0 spiro atoms. The number of aryl methyl sites for hydroxylation is 1. The second kappa shape index (κ2) is 8.97. The maximum Gasteiger partial charge on any atom is 0.514 e. The Balaban J connectivity index is 1.14. The van der Waals surface area contributed by atoms with Crippen molar-refractivity contribution in [1.29, 1.82) is 0 Å². The van der Waals surface area contributed by atoms with Gasteiger partial charge in [0, 0.05) is 47.5 Å². The van der Waals surface area contributed by atoms with Crippen LogP contribution < -0.4 is 10.1 Å². The Labute approximate surface area is 194 Å². The van der Waals surface area contributed by atoms with E-state index in [0.717, 1.165) is 35.3 Å². The summed E-state index contributed by atoms with van der Waals surface area (Å²) in [6, 6.07) is 12.9. The third-order valence-corrected chi connectivity index (χ3v) is 6.23. The van der Waals surface area contributed by atoms with Crippen LogP contribution in [0.2, 0.25) is 0 Å². The molecule has 2 aliphatic rings. The third-order valence-electron chi connectivity index (χ3n) is 6.23. The minimum absolute atomic E-state index is 0.0842. The van der Waals surface area contributed by atoms with Gasteiger partial charge in [0.25, 0.3) is 5.69 Å². The Morgan fingerprint density at radius 3 is 2.74 bits per heavy atom. The van der Waals surface area contributed by atoms with Crippen LogP contribution in [0.25, 0.3) is 0 Å². The average Bonchev–Trinajstić information content (AvgIpc) is 3.55. The Bertz CT molecular complexity index is 1250. The molecule has 1 fully saturated rings. The molecule has 1 heterocycles. The number of Topliss-reactive ketones (excluding diaryl/α,β-unsaturated/α-hetero) is 1. The van der Waals surface area contributed by atoms with Crippen molar-refractivity contribution >= 4 is 29.1 Å². The van der Waals surface area contributed by atoms with Crippen LogP contribution in [-0.2, 0) is 11.2 Å². The van der Waals surface area contributed by atoms with Crippen molar-refractivity contribution in [3.8, 4) is 5.75 Å². The van der Waals surface area contributed by atoms with Crippen LogP contribution in [-0.4, -0.2) is 33.2 Å². The van der Waals surface area contributed by atoms with Crippen LogP contribution >= 0.6 is 0 Å². The summed E-state index contributed by atoms with van der Waals surface area (Å²) in [5.74, 6) is 1.22. The van der Waals surface area contributed by atoms with E-state index in [2.05, 4.69) is 15.5 Å². The van der Waals surface area contributed by atoms with Gasteiger partial charge in [-0.2, -0.15) is 5.10 Å². The Morgan fingerprint density at radius 2 is 1.94 bits per heavy atom. The van der Waals surface area contributed by atoms with Crippen LogP contribution in [0.15, 0.2) is 48.5 Å². The lowest BCUT2D eigenvalue weighted by atomic mass is 10.0. The molecule has 5 rings (SSSR count). The fraction of sp³-hybridized carbons (Fsp3) is 0.292. The zero-order chi connectivity index (χ0) is 23.7. The molecule has 10 heteroatoms. The number of carbonyl (C=O) groups is 2. The number of hydrogen-bond donors (Lipinski definition) is 2. The molecule has 0 aliphatic heterocycles. The minimum Gasteiger partial charge on any atom is -0.431 e. The number of hydrogen-bond acceptors (Lipinski definition) is 8. The fourth-order valence-electron chi connectivity index (χ4n) is 4.51. The molecule has 1 aromatic heterocycles. The van der Waals surface area contributed by atoms with Gasteiger partial charge in [-0.25, -0.2) is 4.79 Å². The monoisotopic (exact) mass is 462 g/mol. The van der Waals surface area contributed by atoms with Gasteiger partial charge in [-0.1, -0.05) is 0 Å². The van der Waals surface area contributed by atoms with Gasteiger partial charge < -0.3 is 14.8 Å². The largest absolute Gasteiger partial charge is 0.514 e. The Morgan fingerprint density at radius 1 is 1.12 bits per heavy atom. The molecule has 3 aromatic rings. The van der Waals surface area contributed by atoms with E-state index in [0.29, 0.717) is 25.1 Å². The molecule has 174 valence electrons. The number of H-pyrrole nitrogens is 1. The molecular formula is C24H22N4O6. The number of anilines is 2. The minimum atomic E-state index is -0.832. The topological polar surface area (TPSA) is 136 Å². The number of ketones is 1. The molecular weight excluding hydrogens is 440 g/mol. The lowest BCUT2D eigenvalue weighted by Crippen LogP contribution is -2.18. The van der Waals surface area contributed by atoms with Crippen LogP contribution in [0.4, 0.5) is 22.0 Å². The number of benzene rings is 2. The molecule has 0 radical (unpaired) electrons. The first-order chi connectivity index (χ1) is 16.4. The van der Waals surface area contributed by atoms with Crippen molar-refractivity contribution in [3.63, 3.8) is 0 Å². The average molecular weight is 462 g/mol. The van der Waals surface area contributed by atoms with Crippen LogP contribution in [0.3, 0.4) is 0 Å². The molecule has 34 heavy (non-hydrogen) atoms. The van der Waals surface area contributed by atoms with Crippen molar-refractivity contribution in [1.82, 2.24) is 10.2 Å². The molecule has 0 bridgehead atoms. The molecule has 0 amide bonds. The van der Waals surface area contributed by atoms with E-state index < -0.39 is 11.1 Å². The number of rotatable bonds is 6. The zero-order valence-electron chi connectivity index (χ0n) is 18.2. The van der Waals surface area contributed by atoms with Crippen molar-refractivity contribution in [3.05, 3.63) is 75.5 Å². The smallest absolute Gasteiger partial charge is 0.431 e. The predicted molar refractivity (Wildman–Crippen MR) is 122 cm³/mol. The number of non-ortho nitro benzene ring substituents is 1. The lowest BCUT2D eigenvalue weighted by molar-refractivity contribution is -0.384. The van der Waals surface area contributed by atoms with Crippen molar-refractivity contribution in [2.24, 2.45) is 0 Å². The lowest BCUT2D eigenvalue weighted by Gasteiger charge is -2.12. The molecule has 2 N–H and O–H groups in total. The number of nitrogens with zero attached hydrogens (tertiary/aromatic N) is 2. The summed E-state index contributed by atoms with van der Waals surface area (Å²) in [6.45, 7) is 0. The van der Waals surface area contributed by atoms with Gasteiger partial charge in [0.2, 0.25) is 0 Å². The molecule has 10 nitrogen and oxygen atoms in total. The van der Waals surface area contributed by atoms with Crippen molar-refractivity contribution in [2.45, 2.75) is 44.1 Å². The van der Waals surface area contributed by atoms with E-state index in [9.17, 15) is 19.7 Å². The standard InChI is InChI=1S/C24H22N4O6/c29-22-10-2-14-11-16(3-9-20(14)22)25-23-13-21(26-27-23)15-1-6-19(12-15)34-24(30)33-18-7-4-17(5-8-18)28(31)32/h3-5,7-9,11,13,15,19H,1-2,6,10,12H2,(H2,25,26,27)/t15-,19+/m0/s1. The first kappa shape index (κ1) is 21.6. The molecule has 1 saturated carbocycles. The molecule has 0 unspecified atom stereocenters. The van der Waals surface area contributed by atoms with Gasteiger partial charge in [0.15, 0.2) is 11.6 Å². The second-order valence-electron chi connectivity index (χ2n) is 8.48. The second-order valence-corrected chi connectivity index (χ2v) is 8.48. The van der Waals surface area contributed by atoms with Gasteiger partial charge in [-0.3, -0.25) is 20.0 Å². The van der Waals surface area contributed by atoms with Gasteiger partial charge in [-0.05, 0) is 61.6 Å². The highest BCUT2D eigenvalue weighted by Crippen LogP contribution is 2.36. The molecule has 2 aliphatic carbocycles. The first-order valence-corrected chi connectivity index (χ1v) is 11.1. The normalized spacial score (nSPS) is 19.0. The van der Waals surface area contributed by atoms with Gasteiger partial charge >= 0.3 is 6.16 Å². The summed E-state index contributed by atoms with van der Waals surface area (Å²) in [5, 5.41) is 21.4. The summed E-state index contributed by atoms with van der Waals surface area (Å²) < 4.78 is 10.6. The Kier molecular flexibility index (Phi) is 5.70. The van der Waals surface area contributed by atoms with Crippen molar-refractivity contribution in [2.75, 3.05) is 5.32 Å². The Hall–Kier alpha value is -4.21. The quantitative estimate of drug-likeness (QED) is 0.225. The number of aromatic nitrogens is 2. The van der Waals surface area contributed by atoms with Gasteiger partial charge in [0.05, 0.1) is 4.92 Å². The zero-order valence-corrected chi connectivity index (χ0v) is 18.2. The SMILES string of the molecule is O=C(Oc1ccc([N+](=O)[O-])cc1)O[C@@H]1CC[C@H](c2cc(Nc3ccc4c(c3)CCC4=O)n[nH]2)C1. The van der Waals surface area contributed by atoms with Crippen LogP contribution in [0.1, 0.15) is 53.2 Å². The van der Waals surface area contributed by atoms with Gasteiger partial charge in [0.1, 0.15) is 11.9 Å².